The lowest BCUT2D eigenvalue weighted by atomic mass is 10.3. The maximum Gasteiger partial charge on any atom is 0.225 e. The predicted octanol–water partition coefficient (Wildman–Crippen LogP) is 2.17. The molecule has 0 fully saturated rings. The molecule has 0 aliphatic carbocycles. The van der Waals surface area contributed by atoms with Gasteiger partial charge in [-0.2, -0.15) is 0 Å². The molecular formula is C8H7ClN4S. The molecular weight excluding hydrogens is 220 g/mol. The zero-order valence-corrected chi connectivity index (χ0v) is 8.64. The fraction of sp³-hybridized carbons (Fsp3) is 0. The summed E-state index contributed by atoms with van der Waals surface area (Å²) in [7, 11) is 0. The van der Waals surface area contributed by atoms with Crippen molar-refractivity contribution in [2.45, 2.75) is 0 Å². The van der Waals surface area contributed by atoms with Crippen LogP contribution in [0.4, 0.5) is 5.95 Å². The van der Waals surface area contributed by atoms with E-state index in [9.17, 15) is 0 Å². The van der Waals surface area contributed by atoms with Crippen molar-refractivity contribution in [1.29, 1.82) is 0 Å². The van der Waals surface area contributed by atoms with Crippen molar-refractivity contribution in [2.75, 3.05) is 5.73 Å². The molecule has 0 saturated heterocycles. The Hall–Kier alpha value is -1.33. The van der Waals surface area contributed by atoms with Crippen LogP contribution in [0.15, 0.2) is 24.3 Å². The monoisotopic (exact) mass is 226 g/mol. The Morgan fingerprint density at radius 2 is 2.29 bits per heavy atom. The van der Waals surface area contributed by atoms with Gasteiger partial charge >= 0.3 is 0 Å². The van der Waals surface area contributed by atoms with E-state index in [1.165, 1.54) is 0 Å². The van der Waals surface area contributed by atoms with Gasteiger partial charge in [-0.15, -0.1) is 5.10 Å². The molecule has 2 rings (SSSR count). The third kappa shape index (κ3) is 1.51. The minimum Gasteiger partial charge on any atom is -0.368 e. The molecule has 3 N–H and O–H groups in total. The standard InChI is InChI=1S/C8H7ClN4S/c9-5-2-1-3-6(4-5)13-7(10)11-12-8(13)14/h1-4H,(H2,10,11)(H,12,14). The van der Waals surface area contributed by atoms with Crippen LogP contribution in [0, 0.1) is 4.77 Å². The van der Waals surface area contributed by atoms with Crippen molar-refractivity contribution in [2.24, 2.45) is 0 Å². The summed E-state index contributed by atoms with van der Waals surface area (Å²) in [5, 5.41) is 7.03. The quantitative estimate of drug-likeness (QED) is 0.733. The molecule has 2 aromatic rings. The minimum atomic E-state index is 0.317. The second-order valence-corrected chi connectivity index (χ2v) is 3.53. The fourth-order valence-electron chi connectivity index (χ4n) is 1.17. The Morgan fingerprint density at radius 1 is 1.50 bits per heavy atom. The summed E-state index contributed by atoms with van der Waals surface area (Å²) in [6.07, 6.45) is 0. The second-order valence-electron chi connectivity index (χ2n) is 2.70. The number of nitrogens with two attached hydrogens (primary N) is 1. The van der Waals surface area contributed by atoms with Gasteiger partial charge in [0.05, 0.1) is 5.69 Å². The van der Waals surface area contributed by atoms with Gasteiger partial charge in [0.1, 0.15) is 0 Å². The number of hydrogen-bond acceptors (Lipinski definition) is 3. The summed E-state index contributed by atoms with van der Waals surface area (Å²) in [6.45, 7) is 0. The van der Waals surface area contributed by atoms with E-state index < -0.39 is 0 Å². The Kier molecular flexibility index (Phi) is 2.26. The Morgan fingerprint density at radius 3 is 2.86 bits per heavy atom. The lowest BCUT2D eigenvalue weighted by molar-refractivity contribution is 1.04. The van der Waals surface area contributed by atoms with E-state index in [4.69, 9.17) is 29.6 Å². The Bertz CT molecular complexity index is 516. The first kappa shape index (κ1) is 9.23. The highest BCUT2D eigenvalue weighted by atomic mass is 35.5. The summed E-state index contributed by atoms with van der Waals surface area (Å²) >= 11 is 10.9. The molecule has 1 aromatic heterocycles. The van der Waals surface area contributed by atoms with Crippen LogP contribution < -0.4 is 5.73 Å². The molecule has 0 spiro atoms. The van der Waals surface area contributed by atoms with Crippen LogP contribution in [-0.2, 0) is 0 Å². The van der Waals surface area contributed by atoms with Crippen molar-refractivity contribution in [3.63, 3.8) is 0 Å². The number of halogens is 1. The molecule has 6 heteroatoms. The number of nitrogen functional groups attached to an aromatic ring is 1. The fourth-order valence-corrected chi connectivity index (χ4v) is 1.60. The number of aromatic amines is 1. The van der Waals surface area contributed by atoms with Crippen molar-refractivity contribution < 1.29 is 0 Å². The van der Waals surface area contributed by atoms with Crippen molar-refractivity contribution >= 4 is 29.8 Å². The molecule has 0 aliphatic heterocycles. The first-order valence-corrected chi connectivity index (χ1v) is 4.66. The van der Waals surface area contributed by atoms with Gasteiger partial charge in [-0.1, -0.05) is 17.7 Å². The molecule has 0 amide bonds. The van der Waals surface area contributed by atoms with Crippen LogP contribution in [0.3, 0.4) is 0 Å². The van der Waals surface area contributed by atoms with Crippen molar-refractivity contribution in [3.8, 4) is 5.69 Å². The largest absolute Gasteiger partial charge is 0.368 e. The molecule has 0 radical (unpaired) electrons. The summed E-state index contributed by atoms with van der Waals surface area (Å²) in [6, 6.07) is 7.23. The van der Waals surface area contributed by atoms with Crippen LogP contribution in [0.25, 0.3) is 5.69 Å². The van der Waals surface area contributed by atoms with Crippen LogP contribution in [0.2, 0.25) is 5.02 Å². The van der Waals surface area contributed by atoms with Gasteiger partial charge in [-0.3, -0.25) is 4.57 Å². The molecule has 0 unspecified atom stereocenters. The smallest absolute Gasteiger partial charge is 0.225 e. The number of hydrogen-bond donors (Lipinski definition) is 2. The van der Waals surface area contributed by atoms with E-state index in [1.807, 2.05) is 12.1 Å². The molecule has 0 bridgehead atoms. The Labute approximate surface area is 90.3 Å². The van der Waals surface area contributed by atoms with E-state index in [0.717, 1.165) is 5.69 Å². The van der Waals surface area contributed by atoms with E-state index >= 15 is 0 Å². The van der Waals surface area contributed by atoms with Gasteiger partial charge in [0.15, 0.2) is 0 Å². The summed E-state index contributed by atoms with van der Waals surface area (Å²) in [4.78, 5) is 0. The second kappa shape index (κ2) is 3.43. The van der Waals surface area contributed by atoms with Gasteiger partial charge in [-0.05, 0) is 30.4 Å². The average Bonchev–Trinajstić information content (AvgIpc) is 2.46. The summed E-state index contributed by atoms with van der Waals surface area (Å²) in [5.74, 6) is 0.317. The van der Waals surface area contributed by atoms with E-state index in [0.29, 0.717) is 15.7 Å². The first-order valence-electron chi connectivity index (χ1n) is 3.87. The molecule has 4 nitrogen and oxygen atoms in total. The van der Waals surface area contributed by atoms with Crippen LogP contribution in [-0.4, -0.2) is 14.8 Å². The van der Waals surface area contributed by atoms with Gasteiger partial charge < -0.3 is 5.73 Å². The highest BCUT2D eigenvalue weighted by Crippen LogP contribution is 2.16. The number of anilines is 1. The maximum absolute atomic E-state index is 5.85. The zero-order valence-electron chi connectivity index (χ0n) is 7.07. The average molecular weight is 227 g/mol. The molecule has 14 heavy (non-hydrogen) atoms. The highest BCUT2D eigenvalue weighted by Gasteiger charge is 2.04. The summed E-state index contributed by atoms with van der Waals surface area (Å²) in [5.41, 5.74) is 6.43. The maximum atomic E-state index is 5.85. The lowest BCUT2D eigenvalue weighted by Gasteiger charge is -2.02. The SMILES string of the molecule is Nc1n[nH]c(=S)n1-c1cccc(Cl)c1. The predicted molar refractivity (Wildman–Crippen MR) is 58.2 cm³/mol. The van der Waals surface area contributed by atoms with Crippen LogP contribution in [0.1, 0.15) is 0 Å². The van der Waals surface area contributed by atoms with E-state index in [2.05, 4.69) is 10.2 Å². The molecule has 72 valence electrons. The third-order valence-electron chi connectivity index (χ3n) is 1.76. The van der Waals surface area contributed by atoms with Gasteiger partial charge in [-0.25, -0.2) is 5.10 Å². The lowest BCUT2D eigenvalue weighted by Crippen LogP contribution is -2.00. The van der Waals surface area contributed by atoms with Crippen LogP contribution >= 0.6 is 23.8 Å². The zero-order chi connectivity index (χ0) is 10.1. The minimum absolute atomic E-state index is 0.317. The number of nitrogens with zero attached hydrogens (tertiary/aromatic N) is 2. The van der Waals surface area contributed by atoms with E-state index in [1.54, 1.807) is 16.7 Å². The summed E-state index contributed by atoms with van der Waals surface area (Å²) < 4.78 is 2.06. The molecule has 0 aliphatic rings. The number of benzene rings is 1. The van der Waals surface area contributed by atoms with Crippen molar-refractivity contribution in [1.82, 2.24) is 14.8 Å². The number of nitrogens with one attached hydrogen (secondary N) is 1. The highest BCUT2D eigenvalue weighted by molar-refractivity contribution is 7.71. The first-order chi connectivity index (χ1) is 6.68. The van der Waals surface area contributed by atoms with Gasteiger partial charge in [0.2, 0.25) is 10.7 Å². The normalized spacial score (nSPS) is 10.4. The van der Waals surface area contributed by atoms with Crippen LogP contribution in [0.5, 0.6) is 0 Å². The third-order valence-corrected chi connectivity index (χ3v) is 2.27. The number of aromatic nitrogens is 3. The molecule has 0 atom stereocenters. The van der Waals surface area contributed by atoms with Gasteiger partial charge in [0, 0.05) is 5.02 Å². The molecule has 1 heterocycles. The topological polar surface area (TPSA) is 59.6 Å². The Balaban J connectivity index is 2.66. The number of H-pyrrole nitrogens is 1. The molecule has 0 saturated carbocycles. The van der Waals surface area contributed by atoms with E-state index in [-0.39, 0.29) is 0 Å². The van der Waals surface area contributed by atoms with Crippen molar-refractivity contribution in [3.05, 3.63) is 34.1 Å². The van der Waals surface area contributed by atoms with Gasteiger partial charge in [0.25, 0.3) is 0 Å². The number of rotatable bonds is 1. The molecule has 1 aromatic carbocycles.